The number of anilines is 1. The number of hydrogen-bond acceptors (Lipinski definition) is 5. The van der Waals surface area contributed by atoms with Crippen LogP contribution in [0.2, 0.25) is 0 Å². The lowest BCUT2D eigenvalue weighted by molar-refractivity contribution is 0.244. The number of urea groups is 1. The van der Waals surface area contributed by atoms with Crippen molar-refractivity contribution < 1.29 is 4.79 Å². The van der Waals surface area contributed by atoms with Gasteiger partial charge in [0, 0.05) is 23.8 Å². The van der Waals surface area contributed by atoms with Crippen LogP contribution in [0, 0.1) is 6.92 Å². The van der Waals surface area contributed by atoms with E-state index in [1.54, 1.807) is 18.6 Å². The van der Waals surface area contributed by atoms with Gasteiger partial charge in [-0.1, -0.05) is 30.3 Å². The zero-order valence-corrected chi connectivity index (χ0v) is 17.8. The minimum absolute atomic E-state index is 0.141. The lowest BCUT2D eigenvalue weighted by Crippen LogP contribution is -2.37. The van der Waals surface area contributed by atoms with E-state index in [1.165, 1.54) is 0 Å². The Bertz CT molecular complexity index is 1190. The zero-order chi connectivity index (χ0) is 21.8. The maximum absolute atomic E-state index is 12.7. The maximum atomic E-state index is 12.7. The van der Waals surface area contributed by atoms with E-state index in [9.17, 15) is 4.79 Å². The van der Waals surface area contributed by atoms with Crippen molar-refractivity contribution >= 4 is 22.8 Å². The molecule has 4 rings (SSSR count). The highest BCUT2D eigenvalue weighted by atomic mass is 16.2. The monoisotopic (exact) mass is 415 g/mol. The number of carbonyl (C=O) groups excluding carboxylic acids is 1. The summed E-state index contributed by atoms with van der Waals surface area (Å²) in [4.78, 5) is 23.3. The fourth-order valence-corrected chi connectivity index (χ4v) is 3.46. The number of benzene rings is 1. The Hall–Kier alpha value is -3.78. The first-order chi connectivity index (χ1) is 15.0. The molecule has 0 fully saturated rings. The van der Waals surface area contributed by atoms with Crippen LogP contribution in [0.25, 0.3) is 16.6 Å². The molecule has 0 unspecified atom stereocenters. The average Bonchev–Trinajstić information content (AvgIpc) is 3.17. The van der Waals surface area contributed by atoms with Gasteiger partial charge in [0.15, 0.2) is 0 Å². The molecule has 0 spiro atoms. The van der Waals surface area contributed by atoms with Gasteiger partial charge in [-0.2, -0.15) is 5.10 Å². The Balaban J connectivity index is 1.51. The van der Waals surface area contributed by atoms with Gasteiger partial charge < -0.3 is 10.2 Å². The van der Waals surface area contributed by atoms with Crippen molar-refractivity contribution in [2.45, 2.75) is 13.0 Å². The van der Waals surface area contributed by atoms with Crippen molar-refractivity contribution in [3.63, 3.8) is 0 Å². The van der Waals surface area contributed by atoms with Crippen LogP contribution in [0.4, 0.5) is 10.6 Å². The standard InChI is InChI=1S/C23H25N7O/c1-16-11-19(9-10-24-16)30-21-14-25-22(12-18(21)13-26-30)28-23(31)27-20(15-29(2)3)17-7-5-4-6-8-17/h4-14,20H,15H2,1-3H3,(H2,25,27,28,31)/t20-/m1/s1. The lowest BCUT2D eigenvalue weighted by atomic mass is 10.1. The summed E-state index contributed by atoms with van der Waals surface area (Å²) < 4.78 is 1.81. The SMILES string of the molecule is Cc1cc(-n2ncc3cc(NC(=O)N[C@H](CN(C)C)c4ccccc4)ncc32)ccn1. The number of rotatable bonds is 6. The highest BCUT2D eigenvalue weighted by Gasteiger charge is 2.16. The number of hydrogen-bond donors (Lipinski definition) is 2. The van der Waals surface area contributed by atoms with Gasteiger partial charge in [0.1, 0.15) is 5.82 Å². The Morgan fingerprint density at radius 2 is 1.90 bits per heavy atom. The molecule has 0 radical (unpaired) electrons. The molecule has 0 aliphatic carbocycles. The Kier molecular flexibility index (Phi) is 5.90. The minimum atomic E-state index is -0.306. The van der Waals surface area contributed by atoms with E-state index in [4.69, 9.17) is 0 Å². The molecule has 0 aliphatic rings. The predicted molar refractivity (Wildman–Crippen MR) is 121 cm³/mol. The van der Waals surface area contributed by atoms with Crippen LogP contribution in [0.5, 0.6) is 0 Å². The number of nitrogens with zero attached hydrogens (tertiary/aromatic N) is 5. The van der Waals surface area contributed by atoms with Crippen molar-refractivity contribution in [1.82, 2.24) is 30.0 Å². The Morgan fingerprint density at radius 1 is 1.10 bits per heavy atom. The van der Waals surface area contributed by atoms with Gasteiger partial charge in [-0.15, -0.1) is 0 Å². The van der Waals surface area contributed by atoms with Crippen LogP contribution in [-0.2, 0) is 0 Å². The van der Waals surface area contributed by atoms with Crippen LogP contribution >= 0.6 is 0 Å². The summed E-state index contributed by atoms with van der Waals surface area (Å²) in [5.41, 5.74) is 3.72. The molecule has 0 aliphatic heterocycles. The van der Waals surface area contributed by atoms with E-state index < -0.39 is 0 Å². The van der Waals surface area contributed by atoms with Crippen molar-refractivity contribution in [1.29, 1.82) is 0 Å². The van der Waals surface area contributed by atoms with E-state index >= 15 is 0 Å². The summed E-state index contributed by atoms with van der Waals surface area (Å²) in [5.74, 6) is 0.465. The predicted octanol–water partition coefficient (Wildman–Crippen LogP) is 3.55. The molecule has 8 heteroatoms. The second kappa shape index (κ2) is 8.93. The number of pyridine rings is 2. The molecule has 1 atom stereocenters. The molecule has 0 bridgehead atoms. The number of nitrogens with one attached hydrogen (secondary N) is 2. The smallest absolute Gasteiger partial charge is 0.320 e. The molecule has 8 nitrogen and oxygen atoms in total. The number of fused-ring (bicyclic) bond motifs is 1. The molecule has 31 heavy (non-hydrogen) atoms. The molecular formula is C23H25N7O. The molecule has 0 saturated carbocycles. The maximum Gasteiger partial charge on any atom is 0.320 e. The number of likely N-dealkylation sites (N-methyl/N-ethyl adjacent to an activating group) is 1. The number of aromatic nitrogens is 4. The van der Waals surface area contributed by atoms with Crippen LogP contribution in [0.1, 0.15) is 17.3 Å². The van der Waals surface area contributed by atoms with E-state index in [0.717, 1.165) is 27.8 Å². The molecule has 158 valence electrons. The molecule has 0 saturated heterocycles. The largest absolute Gasteiger partial charge is 0.330 e. The topological polar surface area (TPSA) is 88.0 Å². The summed E-state index contributed by atoms with van der Waals surface area (Å²) in [6, 6.07) is 15.1. The second-order valence-electron chi connectivity index (χ2n) is 7.66. The number of aryl methyl sites for hydroxylation is 1. The third-order valence-electron chi connectivity index (χ3n) is 4.88. The van der Waals surface area contributed by atoms with Gasteiger partial charge in [-0.25, -0.2) is 14.5 Å². The highest BCUT2D eigenvalue weighted by molar-refractivity contribution is 5.91. The van der Waals surface area contributed by atoms with Gasteiger partial charge in [-0.05, 0) is 44.8 Å². The van der Waals surface area contributed by atoms with Gasteiger partial charge in [0.05, 0.1) is 29.6 Å². The molecule has 2 N–H and O–H groups in total. The van der Waals surface area contributed by atoms with Crippen molar-refractivity contribution in [2.24, 2.45) is 0 Å². The molecule has 2 amide bonds. The van der Waals surface area contributed by atoms with Crippen LogP contribution < -0.4 is 10.6 Å². The summed E-state index contributed by atoms with van der Waals surface area (Å²) in [6.45, 7) is 2.62. The van der Waals surface area contributed by atoms with Crippen molar-refractivity contribution in [3.05, 3.63) is 78.4 Å². The molecule has 3 heterocycles. The van der Waals surface area contributed by atoms with Crippen LogP contribution in [-0.4, -0.2) is 51.3 Å². The van der Waals surface area contributed by atoms with E-state index in [1.807, 2.05) is 79.1 Å². The fourth-order valence-electron chi connectivity index (χ4n) is 3.46. The number of amides is 2. The third kappa shape index (κ3) is 4.87. The highest BCUT2D eigenvalue weighted by Crippen LogP contribution is 2.20. The lowest BCUT2D eigenvalue weighted by Gasteiger charge is -2.23. The third-order valence-corrected chi connectivity index (χ3v) is 4.88. The quantitative estimate of drug-likeness (QED) is 0.503. The molecule has 4 aromatic rings. The van der Waals surface area contributed by atoms with Gasteiger partial charge in [-0.3, -0.25) is 10.3 Å². The molecule has 1 aromatic carbocycles. The van der Waals surface area contributed by atoms with Crippen LogP contribution in [0.15, 0.2) is 67.1 Å². The Morgan fingerprint density at radius 3 is 2.65 bits per heavy atom. The summed E-state index contributed by atoms with van der Waals surface area (Å²) >= 11 is 0. The average molecular weight is 416 g/mol. The zero-order valence-electron chi connectivity index (χ0n) is 17.8. The van der Waals surface area contributed by atoms with Crippen molar-refractivity contribution in [3.8, 4) is 5.69 Å². The van der Waals surface area contributed by atoms with Crippen molar-refractivity contribution in [2.75, 3.05) is 26.0 Å². The van der Waals surface area contributed by atoms with Gasteiger partial charge >= 0.3 is 6.03 Å². The second-order valence-corrected chi connectivity index (χ2v) is 7.66. The first kappa shape index (κ1) is 20.5. The minimum Gasteiger partial charge on any atom is -0.330 e. The van der Waals surface area contributed by atoms with E-state index in [2.05, 4.69) is 25.7 Å². The van der Waals surface area contributed by atoms with Gasteiger partial charge in [0.25, 0.3) is 0 Å². The summed E-state index contributed by atoms with van der Waals surface area (Å²) in [6.07, 6.45) is 5.22. The van der Waals surface area contributed by atoms with Gasteiger partial charge in [0.2, 0.25) is 0 Å². The molecular weight excluding hydrogens is 390 g/mol. The summed E-state index contributed by atoms with van der Waals surface area (Å²) in [7, 11) is 3.96. The van der Waals surface area contributed by atoms with E-state index in [0.29, 0.717) is 12.4 Å². The summed E-state index contributed by atoms with van der Waals surface area (Å²) in [5, 5.41) is 11.2. The normalized spacial score (nSPS) is 12.1. The van der Waals surface area contributed by atoms with E-state index in [-0.39, 0.29) is 12.1 Å². The fraction of sp³-hybridized carbons (Fsp3) is 0.217. The first-order valence-electron chi connectivity index (χ1n) is 10.0. The first-order valence-corrected chi connectivity index (χ1v) is 10.0. The van der Waals surface area contributed by atoms with Crippen LogP contribution in [0.3, 0.4) is 0 Å². The molecule has 3 aromatic heterocycles. The Labute approximate surface area is 180 Å². The number of carbonyl (C=O) groups is 1.